The number of fused-ring (bicyclic) bond motifs is 1. The number of ether oxygens (including phenoxy) is 3. The van der Waals surface area contributed by atoms with Crippen LogP contribution in [0.15, 0.2) is 30.5 Å². The first kappa shape index (κ1) is 18.5. The van der Waals surface area contributed by atoms with E-state index in [-0.39, 0.29) is 0 Å². The van der Waals surface area contributed by atoms with Gasteiger partial charge in [-0.2, -0.15) is 0 Å². The number of thiazole rings is 1. The summed E-state index contributed by atoms with van der Waals surface area (Å²) in [6.07, 6.45) is 1.74. The highest BCUT2D eigenvalue weighted by atomic mass is 32.1. The highest BCUT2D eigenvalue weighted by Gasteiger charge is 2.14. The predicted octanol–water partition coefficient (Wildman–Crippen LogP) is 3.48. The lowest BCUT2D eigenvalue weighted by Crippen LogP contribution is -2.15. The number of aryl methyl sites for hydroxylation is 1. The molecule has 0 fully saturated rings. The average Bonchev–Trinajstić information content (AvgIpc) is 3.09. The van der Waals surface area contributed by atoms with Crippen molar-refractivity contribution in [3.05, 3.63) is 36.2 Å². The summed E-state index contributed by atoms with van der Waals surface area (Å²) in [7, 11) is 1.68. The smallest absolute Gasteiger partial charge is 0.227 e. The number of nitrogens with zero attached hydrogens (tertiary/aromatic N) is 3. The van der Waals surface area contributed by atoms with Gasteiger partial charge in [-0.15, -0.1) is 0 Å². The molecule has 28 heavy (non-hydrogen) atoms. The Bertz CT molecular complexity index is 962. The molecule has 1 aromatic carbocycles. The number of benzene rings is 1. The zero-order valence-corrected chi connectivity index (χ0v) is 16.5. The maximum absolute atomic E-state index is 5.63. The Morgan fingerprint density at radius 2 is 2.00 bits per heavy atom. The van der Waals surface area contributed by atoms with E-state index in [0.29, 0.717) is 32.3 Å². The maximum Gasteiger partial charge on any atom is 0.227 e. The minimum absolute atomic E-state index is 0.510. The molecule has 0 atom stereocenters. The van der Waals surface area contributed by atoms with Gasteiger partial charge in [0.1, 0.15) is 13.2 Å². The van der Waals surface area contributed by atoms with Crippen molar-refractivity contribution in [3.8, 4) is 22.1 Å². The molecule has 0 aliphatic carbocycles. The fourth-order valence-electron chi connectivity index (χ4n) is 2.77. The van der Waals surface area contributed by atoms with Gasteiger partial charge in [-0.3, -0.25) is 0 Å². The quantitative estimate of drug-likeness (QED) is 0.584. The molecule has 3 aromatic rings. The van der Waals surface area contributed by atoms with E-state index in [4.69, 9.17) is 14.2 Å². The SMILES string of the molecule is COCCNc1nc(C)c(-c2ccnc(Nc3ccc4c(c3)OCCO4)n2)s1. The second-order valence-corrected chi connectivity index (χ2v) is 7.10. The third-order valence-corrected chi connectivity index (χ3v) is 5.20. The van der Waals surface area contributed by atoms with Crippen LogP contribution in [0.2, 0.25) is 0 Å². The van der Waals surface area contributed by atoms with Gasteiger partial charge in [-0.1, -0.05) is 11.3 Å². The summed E-state index contributed by atoms with van der Waals surface area (Å²) in [4.78, 5) is 14.5. The van der Waals surface area contributed by atoms with Crippen molar-refractivity contribution in [1.29, 1.82) is 0 Å². The Morgan fingerprint density at radius 3 is 2.86 bits per heavy atom. The molecule has 0 saturated carbocycles. The molecule has 3 heterocycles. The molecule has 9 heteroatoms. The van der Waals surface area contributed by atoms with Gasteiger partial charge in [-0.25, -0.2) is 15.0 Å². The molecule has 8 nitrogen and oxygen atoms in total. The van der Waals surface area contributed by atoms with E-state index in [0.717, 1.165) is 38.6 Å². The Labute approximate surface area is 166 Å². The molecule has 0 saturated heterocycles. The molecule has 4 rings (SSSR count). The van der Waals surface area contributed by atoms with Gasteiger partial charge in [0.05, 0.1) is 22.9 Å². The van der Waals surface area contributed by atoms with Crippen LogP contribution in [0.4, 0.5) is 16.8 Å². The van der Waals surface area contributed by atoms with Crippen molar-refractivity contribution >= 4 is 28.1 Å². The van der Waals surface area contributed by atoms with Gasteiger partial charge < -0.3 is 24.8 Å². The third kappa shape index (κ3) is 4.15. The molecule has 2 N–H and O–H groups in total. The lowest BCUT2D eigenvalue weighted by atomic mass is 10.2. The van der Waals surface area contributed by atoms with Gasteiger partial charge in [0.15, 0.2) is 16.6 Å². The number of hydrogen-bond acceptors (Lipinski definition) is 9. The van der Waals surface area contributed by atoms with E-state index in [1.54, 1.807) is 24.6 Å². The van der Waals surface area contributed by atoms with Crippen molar-refractivity contribution in [2.45, 2.75) is 6.92 Å². The standard InChI is InChI=1S/C19H21N5O3S/c1-12-17(28-19(22-12)21-7-8-25-2)14-5-6-20-18(24-14)23-13-3-4-15-16(11-13)27-10-9-26-15/h3-6,11H,7-10H2,1-2H3,(H,21,22)(H,20,23,24). The van der Waals surface area contributed by atoms with Gasteiger partial charge in [0.2, 0.25) is 5.95 Å². The molecule has 146 valence electrons. The zero-order valence-electron chi connectivity index (χ0n) is 15.7. The molecule has 0 radical (unpaired) electrons. The van der Waals surface area contributed by atoms with E-state index in [9.17, 15) is 0 Å². The van der Waals surface area contributed by atoms with E-state index >= 15 is 0 Å². The normalized spacial score (nSPS) is 12.6. The van der Waals surface area contributed by atoms with Crippen molar-refractivity contribution < 1.29 is 14.2 Å². The van der Waals surface area contributed by atoms with Gasteiger partial charge in [0.25, 0.3) is 0 Å². The average molecular weight is 399 g/mol. The number of aromatic nitrogens is 3. The first-order chi connectivity index (χ1) is 13.7. The molecular weight excluding hydrogens is 378 g/mol. The Hall–Kier alpha value is -2.91. The molecule has 0 unspecified atom stereocenters. The Morgan fingerprint density at radius 1 is 1.14 bits per heavy atom. The fourth-order valence-corrected chi connectivity index (χ4v) is 3.73. The summed E-state index contributed by atoms with van der Waals surface area (Å²) >= 11 is 1.56. The Kier molecular flexibility index (Phi) is 5.54. The second-order valence-electron chi connectivity index (χ2n) is 6.10. The largest absolute Gasteiger partial charge is 0.486 e. The third-order valence-electron chi connectivity index (χ3n) is 4.07. The van der Waals surface area contributed by atoms with E-state index in [1.807, 2.05) is 31.2 Å². The van der Waals surface area contributed by atoms with E-state index in [2.05, 4.69) is 25.6 Å². The van der Waals surface area contributed by atoms with Crippen LogP contribution >= 0.6 is 11.3 Å². The minimum atomic E-state index is 0.510. The van der Waals surface area contributed by atoms with Crippen LogP contribution in [0.5, 0.6) is 11.5 Å². The molecule has 2 aromatic heterocycles. The zero-order chi connectivity index (χ0) is 19.3. The molecule has 0 amide bonds. The number of anilines is 3. The summed E-state index contributed by atoms with van der Waals surface area (Å²) in [6, 6.07) is 7.57. The van der Waals surface area contributed by atoms with Crippen LogP contribution < -0.4 is 20.1 Å². The summed E-state index contributed by atoms with van der Waals surface area (Å²) in [5.41, 5.74) is 2.59. The summed E-state index contributed by atoms with van der Waals surface area (Å²) in [6.45, 7) is 4.44. The molecule has 1 aliphatic rings. The van der Waals surface area contributed by atoms with Crippen LogP contribution in [0, 0.1) is 6.92 Å². The summed E-state index contributed by atoms with van der Waals surface area (Å²) in [5, 5.41) is 7.34. The minimum Gasteiger partial charge on any atom is -0.486 e. The monoisotopic (exact) mass is 399 g/mol. The lowest BCUT2D eigenvalue weighted by molar-refractivity contribution is 0.171. The molecular formula is C19H21N5O3S. The second kappa shape index (κ2) is 8.41. The summed E-state index contributed by atoms with van der Waals surface area (Å²) < 4.78 is 16.2. The first-order valence-electron chi connectivity index (χ1n) is 8.93. The lowest BCUT2D eigenvalue weighted by Gasteiger charge is -2.19. The number of hydrogen-bond donors (Lipinski definition) is 2. The Balaban J connectivity index is 1.52. The number of nitrogens with one attached hydrogen (secondary N) is 2. The highest BCUT2D eigenvalue weighted by molar-refractivity contribution is 7.19. The molecule has 1 aliphatic heterocycles. The van der Waals surface area contributed by atoms with Crippen molar-refractivity contribution in [2.75, 3.05) is 44.1 Å². The van der Waals surface area contributed by atoms with Crippen molar-refractivity contribution in [3.63, 3.8) is 0 Å². The van der Waals surface area contributed by atoms with E-state index < -0.39 is 0 Å². The van der Waals surface area contributed by atoms with Gasteiger partial charge in [-0.05, 0) is 25.1 Å². The van der Waals surface area contributed by atoms with Gasteiger partial charge >= 0.3 is 0 Å². The first-order valence-corrected chi connectivity index (χ1v) is 9.75. The highest BCUT2D eigenvalue weighted by Crippen LogP contribution is 2.34. The van der Waals surface area contributed by atoms with Gasteiger partial charge in [0, 0.05) is 31.6 Å². The predicted molar refractivity (Wildman–Crippen MR) is 109 cm³/mol. The van der Waals surface area contributed by atoms with E-state index in [1.165, 1.54) is 0 Å². The number of rotatable bonds is 7. The van der Waals surface area contributed by atoms with Crippen molar-refractivity contribution in [2.24, 2.45) is 0 Å². The van der Waals surface area contributed by atoms with Crippen molar-refractivity contribution in [1.82, 2.24) is 15.0 Å². The van der Waals surface area contributed by atoms with Crippen LogP contribution in [0.3, 0.4) is 0 Å². The van der Waals surface area contributed by atoms with Crippen LogP contribution in [0.1, 0.15) is 5.69 Å². The summed E-state index contributed by atoms with van der Waals surface area (Å²) in [5.74, 6) is 1.98. The van der Waals surface area contributed by atoms with Crippen LogP contribution in [-0.4, -0.2) is 48.4 Å². The van der Waals surface area contributed by atoms with Crippen LogP contribution in [-0.2, 0) is 4.74 Å². The topological polar surface area (TPSA) is 90.4 Å². The number of methoxy groups -OCH3 is 1. The maximum atomic E-state index is 5.63. The molecule has 0 bridgehead atoms. The fraction of sp³-hybridized carbons (Fsp3) is 0.316. The van der Waals surface area contributed by atoms with Crippen LogP contribution in [0.25, 0.3) is 10.6 Å². The molecule has 0 spiro atoms.